The molecule has 3 aliphatic heterocycles. The highest BCUT2D eigenvalue weighted by atomic mass is 79.9. The average Bonchev–Trinajstić information content (AvgIpc) is 4.33. The van der Waals surface area contributed by atoms with Crippen molar-refractivity contribution in [3.8, 4) is 11.1 Å². The predicted octanol–water partition coefficient (Wildman–Crippen LogP) is 13.4. The number of rotatable bonds is 11. The minimum Gasteiger partial charge on any atom is -0.445 e. The van der Waals surface area contributed by atoms with Crippen molar-refractivity contribution in [1.29, 1.82) is 0 Å². The number of aryl methyl sites for hydroxylation is 2. The molecule has 8 aromatic rings. The molecule has 4 aromatic heterocycles. The van der Waals surface area contributed by atoms with Crippen LogP contribution >= 0.6 is 31.9 Å². The number of ketones is 1. The van der Waals surface area contributed by atoms with Gasteiger partial charge in [-0.2, -0.15) is 0 Å². The molecule has 4 aromatic carbocycles. The number of halogens is 2. The molecule has 3 atom stereocenters. The van der Waals surface area contributed by atoms with Crippen LogP contribution in [0.5, 0.6) is 0 Å². The molecule has 3 fully saturated rings. The van der Waals surface area contributed by atoms with E-state index in [1.807, 2.05) is 144 Å². The van der Waals surface area contributed by atoms with Gasteiger partial charge >= 0.3 is 18.3 Å². The first kappa shape index (κ1) is 53.5. The summed E-state index contributed by atoms with van der Waals surface area (Å²) in [6.45, 7) is 6.94. The van der Waals surface area contributed by atoms with E-state index in [4.69, 9.17) is 24.2 Å². The van der Waals surface area contributed by atoms with Gasteiger partial charge in [0.25, 0.3) is 0 Å². The van der Waals surface area contributed by atoms with Crippen LogP contribution in [0, 0.1) is 13.8 Å². The summed E-state index contributed by atoms with van der Waals surface area (Å²) in [6, 6.07) is 43.1. The SMILES string of the molecule is Cc1cc(-c2ccccc2)c2nc([C@@H]3CCCN3C(=O)OCc3ccccc3)cn2c1.Cc1cc(Br)c2nc([C@@H]3CCCN3C(=O)OCc3ccccc3)cn2c1.O=C(CBr)[C@@H]1CCCN1C(=O)OCc1ccccc1. The third-order valence-corrected chi connectivity index (χ3v) is 14.9. The lowest BCUT2D eigenvalue weighted by Gasteiger charge is -2.22. The number of likely N-dealkylation sites (tertiary alicyclic amines) is 3. The van der Waals surface area contributed by atoms with Crippen LogP contribution in [0.25, 0.3) is 22.4 Å². The van der Waals surface area contributed by atoms with Gasteiger partial charge in [-0.15, -0.1) is 0 Å². The summed E-state index contributed by atoms with van der Waals surface area (Å²) in [5, 5.41) is 0.278. The summed E-state index contributed by atoms with van der Waals surface area (Å²) in [5.41, 5.74) is 11.1. The largest absolute Gasteiger partial charge is 0.445 e. The van der Waals surface area contributed by atoms with Crippen LogP contribution in [0.2, 0.25) is 0 Å². The Bertz CT molecular complexity index is 3250. The standard InChI is InChI=1S/C26H25N3O2.C20H20BrN3O2.C14H16BrNO3/c1-19-15-22(21-11-6-3-7-12-21)25-27-23(17-28(25)16-19)24-13-8-14-29(24)26(30)31-18-20-9-4-2-5-10-20;1-14-10-16(21)19-22-17(12-23(19)11-14)18-8-5-9-24(18)20(25)26-13-15-6-3-2-4-7-15;15-9-13(17)12-7-4-8-16(12)14(18)19-10-11-5-2-1-3-6-11/h2-7,9-12,15-17,24H,8,13-14,18H2,1H3;2-4,6-7,10-12,18H,5,8-9,13H2,1H3;1-3,5-6,12H,4,7-10H2/t24-;18-;12-/m000/s1. The van der Waals surface area contributed by atoms with Gasteiger partial charge in [-0.3, -0.25) is 19.5 Å². The number of alkyl halides is 1. The lowest BCUT2D eigenvalue weighted by Crippen LogP contribution is -2.41. The van der Waals surface area contributed by atoms with E-state index in [2.05, 4.69) is 73.8 Å². The molecule has 0 spiro atoms. The van der Waals surface area contributed by atoms with E-state index in [-0.39, 0.29) is 54.6 Å². The van der Waals surface area contributed by atoms with Crippen molar-refractivity contribution >= 4 is 67.2 Å². The van der Waals surface area contributed by atoms with E-state index < -0.39 is 6.09 Å². The van der Waals surface area contributed by atoms with Crippen LogP contribution in [0.1, 0.15) is 89.8 Å². The topological polar surface area (TPSA) is 140 Å². The van der Waals surface area contributed by atoms with Crippen molar-refractivity contribution in [3.05, 3.63) is 202 Å². The van der Waals surface area contributed by atoms with E-state index in [9.17, 15) is 19.2 Å². The van der Waals surface area contributed by atoms with Gasteiger partial charge in [-0.1, -0.05) is 137 Å². The van der Waals surface area contributed by atoms with Gasteiger partial charge in [0.15, 0.2) is 11.4 Å². The van der Waals surface area contributed by atoms with Crippen molar-refractivity contribution in [2.45, 2.75) is 90.3 Å². The molecule has 3 aliphatic rings. The van der Waals surface area contributed by atoms with E-state index in [1.165, 1.54) is 10.5 Å². The molecule has 14 nitrogen and oxygen atoms in total. The summed E-state index contributed by atoms with van der Waals surface area (Å²) in [6.07, 6.45) is 12.5. The number of Topliss-reactive ketones (excluding diaryl/α,β-unsaturated/α-hetero) is 1. The van der Waals surface area contributed by atoms with E-state index in [1.54, 1.807) is 4.90 Å². The van der Waals surface area contributed by atoms with Gasteiger partial charge in [0.05, 0.1) is 39.3 Å². The third-order valence-electron chi connectivity index (χ3n) is 13.7. The Morgan fingerprint density at radius 3 is 1.42 bits per heavy atom. The first-order valence-electron chi connectivity index (χ1n) is 25.7. The van der Waals surface area contributed by atoms with Crippen molar-refractivity contribution < 1.29 is 33.4 Å². The second-order valence-electron chi connectivity index (χ2n) is 19.2. The number of hydrogen-bond donors (Lipinski definition) is 0. The van der Waals surface area contributed by atoms with Crippen molar-refractivity contribution in [3.63, 3.8) is 0 Å². The number of benzene rings is 4. The van der Waals surface area contributed by atoms with Crippen LogP contribution in [0.4, 0.5) is 14.4 Å². The lowest BCUT2D eigenvalue weighted by atomic mass is 10.1. The minimum absolute atomic E-state index is 0.0363. The molecular formula is C60H61Br2N7O7. The smallest absolute Gasteiger partial charge is 0.410 e. The lowest BCUT2D eigenvalue weighted by molar-refractivity contribution is -0.120. The fraction of sp³-hybridized carbons (Fsp3) is 0.300. The van der Waals surface area contributed by atoms with Gasteiger partial charge in [0.1, 0.15) is 25.5 Å². The zero-order valence-electron chi connectivity index (χ0n) is 42.7. The van der Waals surface area contributed by atoms with Crippen molar-refractivity contribution in [2.75, 3.05) is 25.0 Å². The number of carbonyl (C=O) groups is 4. The fourth-order valence-electron chi connectivity index (χ4n) is 10.0. The maximum Gasteiger partial charge on any atom is 0.410 e. The van der Waals surface area contributed by atoms with Gasteiger partial charge in [0.2, 0.25) is 0 Å². The molecule has 0 unspecified atom stereocenters. The molecular weight excluding hydrogens is 1090 g/mol. The molecule has 7 heterocycles. The van der Waals surface area contributed by atoms with Crippen LogP contribution in [0.3, 0.4) is 0 Å². The summed E-state index contributed by atoms with van der Waals surface area (Å²) in [7, 11) is 0. The summed E-state index contributed by atoms with van der Waals surface area (Å²) in [4.78, 5) is 64.0. The maximum absolute atomic E-state index is 12.8. The second kappa shape index (κ2) is 25.5. The van der Waals surface area contributed by atoms with Gasteiger partial charge in [-0.05, 0) is 114 Å². The third kappa shape index (κ3) is 13.2. The number of ether oxygens (including phenoxy) is 3. The summed E-state index contributed by atoms with van der Waals surface area (Å²) < 4.78 is 21.4. The molecule has 16 heteroatoms. The van der Waals surface area contributed by atoms with E-state index in [0.717, 1.165) is 99.1 Å². The number of nitrogens with zero attached hydrogens (tertiary/aromatic N) is 7. The Hall–Kier alpha value is -7.30. The minimum atomic E-state index is -0.402. The quantitative estimate of drug-likeness (QED) is 0.0914. The number of imidazole rings is 2. The first-order valence-corrected chi connectivity index (χ1v) is 27.6. The normalized spacial score (nSPS) is 16.9. The molecule has 0 bridgehead atoms. The summed E-state index contributed by atoms with van der Waals surface area (Å²) in [5.74, 6) is 0.0363. The molecule has 0 saturated carbocycles. The van der Waals surface area contributed by atoms with Crippen LogP contribution in [0.15, 0.2) is 163 Å². The Morgan fingerprint density at radius 1 is 0.526 bits per heavy atom. The molecule has 392 valence electrons. The molecule has 0 aliphatic carbocycles. The number of pyridine rings is 2. The molecule has 11 rings (SSSR count). The molecule has 3 amide bonds. The Kier molecular flexibility index (Phi) is 18.0. The average molecular weight is 1150 g/mol. The highest BCUT2D eigenvalue weighted by Crippen LogP contribution is 2.36. The Balaban J connectivity index is 0.000000144. The molecule has 0 N–H and O–H groups in total. The highest BCUT2D eigenvalue weighted by Gasteiger charge is 2.36. The number of hydrogen-bond acceptors (Lipinski definition) is 9. The van der Waals surface area contributed by atoms with Crippen LogP contribution in [-0.4, -0.2) is 88.5 Å². The van der Waals surface area contributed by atoms with Crippen LogP contribution < -0.4 is 0 Å². The highest BCUT2D eigenvalue weighted by molar-refractivity contribution is 9.10. The number of fused-ring (bicyclic) bond motifs is 2. The number of amides is 3. The Labute approximate surface area is 459 Å². The number of aromatic nitrogens is 4. The summed E-state index contributed by atoms with van der Waals surface area (Å²) >= 11 is 6.72. The van der Waals surface area contributed by atoms with Crippen LogP contribution in [-0.2, 0) is 38.8 Å². The van der Waals surface area contributed by atoms with Gasteiger partial charge in [-0.25, -0.2) is 24.4 Å². The molecule has 76 heavy (non-hydrogen) atoms. The zero-order chi connectivity index (χ0) is 53.0. The van der Waals surface area contributed by atoms with E-state index >= 15 is 0 Å². The van der Waals surface area contributed by atoms with Gasteiger partial charge < -0.3 is 23.0 Å². The fourth-order valence-corrected chi connectivity index (χ4v) is 11.0. The maximum atomic E-state index is 12.8. The molecule has 0 radical (unpaired) electrons. The predicted molar refractivity (Wildman–Crippen MR) is 299 cm³/mol. The van der Waals surface area contributed by atoms with Crippen molar-refractivity contribution in [2.24, 2.45) is 0 Å². The first-order chi connectivity index (χ1) is 37.0. The van der Waals surface area contributed by atoms with Gasteiger partial charge in [0, 0.05) is 50.0 Å². The van der Waals surface area contributed by atoms with Crippen molar-refractivity contribution in [1.82, 2.24) is 33.5 Å². The number of carbonyl (C=O) groups excluding carboxylic acids is 4. The van der Waals surface area contributed by atoms with E-state index in [0.29, 0.717) is 26.2 Å². The molecule has 3 saturated heterocycles. The monoisotopic (exact) mass is 1150 g/mol. The zero-order valence-corrected chi connectivity index (χ0v) is 45.9. The Morgan fingerprint density at radius 2 is 0.934 bits per heavy atom. The second-order valence-corrected chi connectivity index (χ2v) is 20.6.